The molecule has 0 spiro atoms. The van der Waals surface area contributed by atoms with Crippen LogP contribution in [0.1, 0.15) is 55.5 Å². The van der Waals surface area contributed by atoms with Gasteiger partial charge in [-0.3, -0.25) is 4.68 Å². The Balaban J connectivity index is 1.89. The summed E-state index contributed by atoms with van der Waals surface area (Å²) >= 11 is 0. The fraction of sp³-hybridized carbons (Fsp3) is 0.429. The van der Waals surface area contributed by atoms with Crippen molar-refractivity contribution in [2.24, 2.45) is 0 Å². The van der Waals surface area contributed by atoms with Gasteiger partial charge >= 0.3 is 0 Å². The van der Waals surface area contributed by atoms with Crippen LogP contribution in [0.2, 0.25) is 0 Å². The quantitative estimate of drug-likeness (QED) is 0.616. The molecule has 4 heteroatoms. The van der Waals surface area contributed by atoms with Gasteiger partial charge in [-0.05, 0) is 24.8 Å². The molecule has 1 aromatic carbocycles. The maximum atomic E-state index is 4.86. The van der Waals surface area contributed by atoms with E-state index in [2.05, 4.69) is 71.5 Å². The number of aryl methyl sites for hydroxylation is 2. The molecular weight excluding hydrogens is 308 g/mol. The van der Waals surface area contributed by atoms with E-state index in [0.29, 0.717) is 0 Å². The van der Waals surface area contributed by atoms with Crippen LogP contribution in [-0.4, -0.2) is 19.3 Å². The smallest absolute Gasteiger partial charge is 0.113 e. The van der Waals surface area contributed by atoms with Gasteiger partial charge < -0.3 is 4.57 Å². The summed E-state index contributed by atoms with van der Waals surface area (Å²) in [6, 6.07) is 10.6. The standard InChI is InChI=1S/C21H28N4/c1-4-13-25-20(6-3)18(19(5-2)23-25)15-21-22-12-14-24(21)16-17-10-8-7-9-11-17/h7-12,14H,4-6,13,15-16H2,1-3H3. The van der Waals surface area contributed by atoms with E-state index in [-0.39, 0.29) is 0 Å². The predicted molar refractivity (Wildman–Crippen MR) is 102 cm³/mol. The van der Waals surface area contributed by atoms with Crippen molar-refractivity contribution in [3.8, 4) is 0 Å². The molecule has 0 saturated heterocycles. The van der Waals surface area contributed by atoms with E-state index in [9.17, 15) is 0 Å². The minimum Gasteiger partial charge on any atom is -0.330 e. The second-order valence-electron chi connectivity index (χ2n) is 6.44. The Morgan fingerprint density at radius 1 is 1.00 bits per heavy atom. The van der Waals surface area contributed by atoms with E-state index in [1.807, 2.05) is 6.20 Å². The Hall–Kier alpha value is -2.36. The second-order valence-corrected chi connectivity index (χ2v) is 6.44. The summed E-state index contributed by atoms with van der Waals surface area (Å²) in [7, 11) is 0. The average molecular weight is 336 g/mol. The first kappa shape index (κ1) is 17.5. The summed E-state index contributed by atoms with van der Waals surface area (Å²) in [5, 5.41) is 4.86. The van der Waals surface area contributed by atoms with Gasteiger partial charge in [-0.15, -0.1) is 0 Å². The first-order chi connectivity index (χ1) is 12.3. The minimum absolute atomic E-state index is 0.857. The minimum atomic E-state index is 0.857. The maximum Gasteiger partial charge on any atom is 0.113 e. The Kier molecular flexibility index (Phi) is 5.69. The molecule has 25 heavy (non-hydrogen) atoms. The lowest BCUT2D eigenvalue weighted by molar-refractivity contribution is 0.570. The molecule has 0 radical (unpaired) electrons. The molecule has 0 N–H and O–H groups in total. The Morgan fingerprint density at radius 3 is 2.48 bits per heavy atom. The van der Waals surface area contributed by atoms with E-state index in [0.717, 1.165) is 44.6 Å². The van der Waals surface area contributed by atoms with Crippen LogP contribution in [0.4, 0.5) is 0 Å². The van der Waals surface area contributed by atoms with Crippen molar-refractivity contribution in [1.29, 1.82) is 0 Å². The van der Waals surface area contributed by atoms with Crippen molar-refractivity contribution < 1.29 is 0 Å². The van der Waals surface area contributed by atoms with E-state index in [1.165, 1.54) is 22.5 Å². The molecule has 3 aromatic rings. The topological polar surface area (TPSA) is 35.6 Å². The summed E-state index contributed by atoms with van der Waals surface area (Å²) in [4.78, 5) is 4.64. The lowest BCUT2D eigenvalue weighted by Crippen LogP contribution is -2.08. The molecule has 2 heterocycles. The monoisotopic (exact) mass is 336 g/mol. The number of rotatable bonds is 8. The van der Waals surface area contributed by atoms with Gasteiger partial charge in [0.1, 0.15) is 5.82 Å². The molecule has 2 aromatic heterocycles. The summed E-state index contributed by atoms with van der Waals surface area (Å²) in [6.45, 7) is 8.48. The van der Waals surface area contributed by atoms with Gasteiger partial charge in [0.05, 0.1) is 5.69 Å². The Morgan fingerprint density at radius 2 is 1.80 bits per heavy atom. The zero-order valence-corrected chi connectivity index (χ0v) is 15.6. The Labute approximate surface area is 150 Å². The zero-order chi connectivity index (χ0) is 17.6. The second kappa shape index (κ2) is 8.15. The van der Waals surface area contributed by atoms with E-state index in [4.69, 9.17) is 5.10 Å². The number of imidazole rings is 1. The molecule has 0 aliphatic carbocycles. The highest BCUT2D eigenvalue weighted by atomic mass is 15.3. The normalized spacial score (nSPS) is 11.2. The average Bonchev–Trinajstić information content (AvgIpc) is 3.21. The van der Waals surface area contributed by atoms with Crippen molar-refractivity contribution in [3.05, 3.63) is 71.1 Å². The summed E-state index contributed by atoms with van der Waals surface area (Å²) in [6.07, 6.45) is 7.94. The molecular formula is C21H28N4. The maximum absolute atomic E-state index is 4.86. The van der Waals surface area contributed by atoms with Crippen LogP contribution in [0, 0.1) is 0 Å². The van der Waals surface area contributed by atoms with E-state index < -0.39 is 0 Å². The molecule has 3 rings (SSSR count). The van der Waals surface area contributed by atoms with Crippen molar-refractivity contribution in [1.82, 2.24) is 19.3 Å². The third-order valence-corrected chi connectivity index (χ3v) is 4.69. The van der Waals surface area contributed by atoms with Gasteiger partial charge in [-0.1, -0.05) is 51.1 Å². The van der Waals surface area contributed by atoms with Crippen LogP contribution >= 0.6 is 0 Å². The molecule has 0 unspecified atom stereocenters. The van der Waals surface area contributed by atoms with Gasteiger partial charge in [0.25, 0.3) is 0 Å². The summed E-state index contributed by atoms with van der Waals surface area (Å²) in [5.74, 6) is 1.12. The number of benzene rings is 1. The lowest BCUT2D eigenvalue weighted by atomic mass is 10.1. The summed E-state index contributed by atoms with van der Waals surface area (Å²) < 4.78 is 4.46. The van der Waals surface area contributed by atoms with Crippen LogP contribution in [0.25, 0.3) is 0 Å². The number of hydrogen-bond acceptors (Lipinski definition) is 2. The van der Waals surface area contributed by atoms with Gasteiger partial charge in [0.2, 0.25) is 0 Å². The van der Waals surface area contributed by atoms with E-state index >= 15 is 0 Å². The highest BCUT2D eigenvalue weighted by Gasteiger charge is 2.17. The third kappa shape index (κ3) is 3.84. The molecule has 0 atom stereocenters. The fourth-order valence-electron chi connectivity index (χ4n) is 3.46. The molecule has 0 aliphatic heterocycles. The molecule has 0 bridgehead atoms. The van der Waals surface area contributed by atoms with Crippen LogP contribution in [-0.2, 0) is 32.4 Å². The van der Waals surface area contributed by atoms with Crippen molar-refractivity contribution in [2.75, 3.05) is 0 Å². The van der Waals surface area contributed by atoms with Crippen molar-refractivity contribution >= 4 is 0 Å². The fourth-order valence-corrected chi connectivity index (χ4v) is 3.46. The summed E-state index contributed by atoms with van der Waals surface area (Å²) in [5.41, 5.74) is 5.27. The van der Waals surface area contributed by atoms with Gasteiger partial charge in [-0.2, -0.15) is 5.10 Å². The van der Waals surface area contributed by atoms with Crippen LogP contribution in [0.5, 0.6) is 0 Å². The number of hydrogen-bond donors (Lipinski definition) is 0. The van der Waals surface area contributed by atoms with Crippen molar-refractivity contribution in [3.63, 3.8) is 0 Å². The van der Waals surface area contributed by atoms with Crippen LogP contribution < -0.4 is 0 Å². The first-order valence-corrected chi connectivity index (χ1v) is 9.38. The van der Waals surface area contributed by atoms with Crippen molar-refractivity contribution in [2.45, 2.75) is 59.5 Å². The predicted octanol–water partition coefficient (Wildman–Crippen LogP) is 4.25. The largest absolute Gasteiger partial charge is 0.330 e. The van der Waals surface area contributed by atoms with Crippen LogP contribution in [0.3, 0.4) is 0 Å². The van der Waals surface area contributed by atoms with Crippen LogP contribution in [0.15, 0.2) is 42.7 Å². The van der Waals surface area contributed by atoms with Gasteiger partial charge in [-0.25, -0.2) is 4.98 Å². The van der Waals surface area contributed by atoms with Gasteiger partial charge in [0.15, 0.2) is 0 Å². The molecule has 0 fully saturated rings. The first-order valence-electron chi connectivity index (χ1n) is 9.38. The van der Waals surface area contributed by atoms with Gasteiger partial charge in [0, 0.05) is 43.2 Å². The SMILES string of the molecule is CCCn1nc(CC)c(Cc2nccn2Cc2ccccc2)c1CC. The third-order valence-electron chi connectivity index (χ3n) is 4.69. The highest BCUT2D eigenvalue weighted by Crippen LogP contribution is 2.21. The molecule has 0 saturated carbocycles. The number of aromatic nitrogens is 4. The highest BCUT2D eigenvalue weighted by molar-refractivity contribution is 5.30. The van der Waals surface area contributed by atoms with E-state index in [1.54, 1.807) is 0 Å². The zero-order valence-electron chi connectivity index (χ0n) is 15.6. The molecule has 132 valence electrons. The molecule has 4 nitrogen and oxygen atoms in total. The Bertz CT molecular complexity index is 799. The number of nitrogens with zero attached hydrogens (tertiary/aromatic N) is 4. The lowest BCUT2D eigenvalue weighted by Gasteiger charge is -2.10. The molecule has 0 aliphatic rings. The molecule has 0 amide bonds.